The number of anilines is 1. The van der Waals surface area contributed by atoms with Gasteiger partial charge in [0, 0.05) is 26.8 Å². The molecular formula is C16H20N4O3. The van der Waals surface area contributed by atoms with Crippen molar-refractivity contribution in [3.8, 4) is 0 Å². The van der Waals surface area contributed by atoms with Gasteiger partial charge in [0.25, 0.3) is 0 Å². The molecule has 23 heavy (non-hydrogen) atoms. The lowest BCUT2D eigenvalue weighted by molar-refractivity contribution is -0.138. The van der Waals surface area contributed by atoms with Crippen LogP contribution in [-0.4, -0.2) is 54.6 Å². The Morgan fingerprint density at radius 3 is 3.04 bits per heavy atom. The monoisotopic (exact) mass is 316 g/mol. The summed E-state index contributed by atoms with van der Waals surface area (Å²) in [6.07, 6.45) is 5.01. The van der Waals surface area contributed by atoms with E-state index in [1.165, 1.54) is 0 Å². The highest BCUT2D eigenvalue weighted by atomic mass is 16.5. The van der Waals surface area contributed by atoms with Gasteiger partial charge in [0.2, 0.25) is 11.9 Å². The van der Waals surface area contributed by atoms with Crippen molar-refractivity contribution >= 4 is 11.9 Å². The fraction of sp³-hybridized carbons (Fsp3) is 0.438. The molecule has 0 aromatic carbocycles. The van der Waals surface area contributed by atoms with Crippen molar-refractivity contribution in [3.05, 3.63) is 42.1 Å². The lowest BCUT2D eigenvalue weighted by atomic mass is 10.1. The minimum atomic E-state index is -0.223. The van der Waals surface area contributed by atoms with E-state index in [0.717, 1.165) is 11.3 Å². The molecule has 3 rings (SSSR count). The average molecular weight is 316 g/mol. The maximum atomic E-state index is 12.4. The van der Waals surface area contributed by atoms with Crippen LogP contribution in [0, 0.1) is 0 Å². The van der Waals surface area contributed by atoms with E-state index in [-0.39, 0.29) is 12.0 Å². The summed E-state index contributed by atoms with van der Waals surface area (Å²) >= 11 is 0. The zero-order chi connectivity index (χ0) is 16.2. The van der Waals surface area contributed by atoms with Crippen LogP contribution in [0.1, 0.15) is 17.4 Å². The molecule has 122 valence electrons. The molecule has 0 radical (unpaired) electrons. The summed E-state index contributed by atoms with van der Waals surface area (Å²) in [4.78, 5) is 24.8. The summed E-state index contributed by atoms with van der Waals surface area (Å²) in [6, 6.07) is 3.64. The number of ether oxygens (including phenoxy) is 1. The molecule has 3 heterocycles. The fourth-order valence-electron chi connectivity index (χ4n) is 2.49. The maximum Gasteiger partial charge on any atom is 0.227 e. The number of furan rings is 1. The molecule has 7 nitrogen and oxygen atoms in total. The van der Waals surface area contributed by atoms with Crippen LogP contribution in [0.4, 0.5) is 5.95 Å². The molecule has 0 spiro atoms. The second kappa shape index (κ2) is 6.78. The number of hydrogen-bond acceptors (Lipinski definition) is 6. The van der Waals surface area contributed by atoms with Gasteiger partial charge in [0.05, 0.1) is 37.8 Å². The average Bonchev–Trinajstić information content (AvgIpc) is 3.08. The van der Waals surface area contributed by atoms with Crippen LogP contribution in [0.5, 0.6) is 0 Å². The van der Waals surface area contributed by atoms with E-state index >= 15 is 0 Å². The van der Waals surface area contributed by atoms with E-state index in [2.05, 4.69) is 9.97 Å². The fourth-order valence-corrected chi connectivity index (χ4v) is 2.49. The van der Waals surface area contributed by atoms with Crippen molar-refractivity contribution in [2.45, 2.75) is 12.5 Å². The van der Waals surface area contributed by atoms with Crippen LogP contribution in [0.15, 0.2) is 35.3 Å². The summed E-state index contributed by atoms with van der Waals surface area (Å²) < 4.78 is 10.8. The molecule has 1 aliphatic heterocycles. The van der Waals surface area contributed by atoms with Crippen LogP contribution in [0.25, 0.3) is 0 Å². The third-order valence-corrected chi connectivity index (χ3v) is 3.75. The molecule has 7 heteroatoms. The predicted molar refractivity (Wildman–Crippen MR) is 84.0 cm³/mol. The summed E-state index contributed by atoms with van der Waals surface area (Å²) in [5, 5.41) is 0. The lowest BCUT2D eigenvalue weighted by Gasteiger charge is -2.32. The topological polar surface area (TPSA) is 71.7 Å². The molecule has 1 saturated heterocycles. The number of hydrogen-bond donors (Lipinski definition) is 0. The Balaban J connectivity index is 1.68. The van der Waals surface area contributed by atoms with Gasteiger partial charge in [-0.2, -0.15) is 0 Å². The number of rotatable bonds is 4. The Labute approximate surface area is 134 Å². The third kappa shape index (κ3) is 3.68. The lowest BCUT2D eigenvalue weighted by Crippen LogP contribution is -2.43. The Morgan fingerprint density at radius 1 is 1.43 bits per heavy atom. The van der Waals surface area contributed by atoms with E-state index in [1.54, 1.807) is 18.7 Å². The Morgan fingerprint density at radius 2 is 2.30 bits per heavy atom. The van der Waals surface area contributed by atoms with Crippen molar-refractivity contribution in [2.24, 2.45) is 0 Å². The molecule has 1 amide bonds. The van der Waals surface area contributed by atoms with Gasteiger partial charge in [0.15, 0.2) is 0 Å². The molecule has 2 aromatic heterocycles. The normalized spacial score (nSPS) is 18.0. The molecular weight excluding hydrogens is 296 g/mol. The zero-order valence-electron chi connectivity index (χ0n) is 13.3. The molecule has 1 atom stereocenters. The van der Waals surface area contributed by atoms with E-state index in [9.17, 15) is 4.79 Å². The van der Waals surface area contributed by atoms with Gasteiger partial charge in [-0.1, -0.05) is 0 Å². The van der Waals surface area contributed by atoms with Gasteiger partial charge in [-0.15, -0.1) is 0 Å². The first-order valence-electron chi connectivity index (χ1n) is 7.54. The molecule has 0 saturated carbocycles. The molecule has 0 bridgehead atoms. The maximum absolute atomic E-state index is 12.4. The first-order valence-corrected chi connectivity index (χ1v) is 7.54. The Bertz CT molecular complexity index is 657. The van der Waals surface area contributed by atoms with Gasteiger partial charge in [-0.3, -0.25) is 4.79 Å². The number of morpholine rings is 1. The smallest absolute Gasteiger partial charge is 0.227 e. The van der Waals surface area contributed by atoms with Crippen molar-refractivity contribution in [2.75, 3.05) is 38.7 Å². The Kier molecular flexibility index (Phi) is 4.57. The summed E-state index contributed by atoms with van der Waals surface area (Å²) in [5.41, 5.74) is 1.68. The van der Waals surface area contributed by atoms with Crippen molar-refractivity contribution in [3.63, 3.8) is 0 Å². The first kappa shape index (κ1) is 15.5. The second-order valence-corrected chi connectivity index (χ2v) is 5.68. The first-order chi connectivity index (χ1) is 11.1. The minimum Gasteiger partial charge on any atom is -0.472 e. The predicted octanol–water partition coefficient (Wildman–Crippen LogP) is 1.28. The zero-order valence-corrected chi connectivity index (χ0v) is 13.3. The van der Waals surface area contributed by atoms with Gasteiger partial charge in [0.1, 0.15) is 6.10 Å². The van der Waals surface area contributed by atoms with Crippen LogP contribution in [0.2, 0.25) is 0 Å². The summed E-state index contributed by atoms with van der Waals surface area (Å²) in [5.74, 6) is 0.703. The van der Waals surface area contributed by atoms with Crippen LogP contribution in [-0.2, 0) is 16.0 Å². The van der Waals surface area contributed by atoms with Gasteiger partial charge in [-0.25, -0.2) is 9.97 Å². The SMILES string of the molecule is CN(C)c1nccc([C@H]2CN(C(=O)Cc3ccoc3)CCO2)n1. The van der Waals surface area contributed by atoms with E-state index in [0.29, 0.717) is 32.1 Å². The van der Waals surface area contributed by atoms with Gasteiger partial charge in [-0.05, 0) is 17.7 Å². The number of aromatic nitrogens is 2. The highest BCUT2D eigenvalue weighted by Crippen LogP contribution is 2.22. The van der Waals surface area contributed by atoms with E-state index < -0.39 is 0 Å². The van der Waals surface area contributed by atoms with Crippen molar-refractivity contribution in [1.29, 1.82) is 0 Å². The number of carbonyl (C=O) groups excluding carboxylic acids is 1. The highest BCUT2D eigenvalue weighted by Gasteiger charge is 2.26. The van der Waals surface area contributed by atoms with E-state index in [1.807, 2.05) is 36.0 Å². The Hall–Kier alpha value is -2.41. The highest BCUT2D eigenvalue weighted by molar-refractivity contribution is 5.78. The molecule has 1 aliphatic rings. The van der Waals surface area contributed by atoms with Crippen LogP contribution in [0.3, 0.4) is 0 Å². The minimum absolute atomic E-state index is 0.0709. The largest absolute Gasteiger partial charge is 0.472 e. The molecule has 0 aliphatic carbocycles. The molecule has 0 N–H and O–H groups in total. The van der Waals surface area contributed by atoms with Crippen LogP contribution >= 0.6 is 0 Å². The molecule has 0 unspecified atom stereocenters. The van der Waals surface area contributed by atoms with Crippen molar-refractivity contribution in [1.82, 2.24) is 14.9 Å². The number of amides is 1. The number of carbonyl (C=O) groups is 1. The molecule has 2 aromatic rings. The van der Waals surface area contributed by atoms with Gasteiger partial charge < -0.3 is 19.0 Å². The van der Waals surface area contributed by atoms with Gasteiger partial charge >= 0.3 is 0 Å². The number of nitrogens with zero attached hydrogens (tertiary/aromatic N) is 4. The van der Waals surface area contributed by atoms with E-state index in [4.69, 9.17) is 9.15 Å². The van der Waals surface area contributed by atoms with Crippen molar-refractivity contribution < 1.29 is 13.9 Å². The second-order valence-electron chi connectivity index (χ2n) is 5.68. The standard InChI is InChI=1S/C16H20N4O3/c1-19(2)16-17-5-3-13(18-16)14-10-20(6-8-23-14)15(21)9-12-4-7-22-11-12/h3-5,7,11,14H,6,8-10H2,1-2H3/t14-/m1/s1. The third-order valence-electron chi connectivity index (χ3n) is 3.75. The summed E-state index contributed by atoms with van der Waals surface area (Å²) in [7, 11) is 3.78. The van der Waals surface area contributed by atoms with Crippen LogP contribution < -0.4 is 4.90 Å². The summed E-state index contributed by atoms with van der Waals surface area (Å²) in [6.45, 7) is 1.60. The molecule has 1 fully saturated rings. The quantitative estimate of drug-likeness (QED) is 0.846.